The molecule has 1 saturated heterocycles. The van der Waals surface area contributed by atoms with Crippen molar-refractivity contribution in [2.24, 2.45) is 0 Å². The number of carbonyl (C=O) groups is 3. The van der Waals surface area contributed by atoms with Crippen LogP contribution < -0.4 is 0 Å². The van der Waals surface area contributed by atoms with Crippen LogP contribution in [0.4, 0.5) is 0 Å². The number of rotatable bonds is 2. The highest BCUT2D eigenvalue weighted by Crippen LogP contribution is 2.36. The number of imide groups is 1. The third-order valence-corrected chi connectivity index (χ3v) is 3.52. The number of hydrogen-bond acceptors (Lipinski definition) is 5. The van der Waals surface area contributed by atoms with Crippen LogP contribution in [0.2, 0.25) is 0 Å². The maximum atomic E-state index is 12.2. The summed E-state index contributed by atoms with van der Waals surface area (Å²) in [6, 6.07) is 5.85. The van der Waals surface area contributed by atoms with Gasteiger partial charge < -0.3 is 4.74 Å². The highest BCUT2D eigenvalue weighted by molar-refractivity contribution is 6.21. The summed E-state index contributed by atoms with van der Waals surface area (Å²) in [5.74, 6) is -1.22. The summed E-state index contributed by atoms with van der Waals surface area (Å²) >= 11 is 0. The third kappa shape index (κ3) is 1.50. The molecule has 0 radical (unpaired) electrons. The van der Waals surface area contributed by atoms with Crippen LogP contribution in [0.25, 0.3) is 0 Å². The van der Waals surface area contributed by atoms with Crippen molar-refractivity contribution in [3.05, 3.63) is 35.4 Å². The van der Waals surface area contributed by atoms with E-state index in [2.05, 4.69) is 4.74 Å². The Kier molecular flexibility index (Phi) is 2.43. The fourth-order valence-corrected chi connectivity index (χ4v) is 2.45. The number of hydrazine groups is 1. The van der Waals surface area contributed by atoms with Crippen molar-refractivity contribution >= 4 is 17.8 Å². The molecule has 2 heterocycles. The van der Waals surface area contributed by atoms with Crippen molar-refractivity contribution in [3.8, 4) is 0 Å². The van der Waals surface area contributed by atoms with Gasteiger partial charge in [-0.25, -0.2) is 5.01 Å². The summed E-state index contributed by atoms with van der Waals surface area (Å²) in [5.41, 5.74) is 0.741. The van der Waals surface area contributed by atoms with Gasteiger partial charge in [-0.05, 0) is 19.1 Å². The molecule has 0 spiro atoms. The average Bonchev–Trinajstić information content (AvgIpc) is 3.01. The molecule has 2 aliphatic heterocycles. The minimum absolute atomic E-state index is 0.213. The lowest BCUT2D eigenvalue weighted by atomic mass is 10.1. The summed E-state index contributed by atoms with van der Waals surface area (Å²) in [6.45, 7) is 1.77. The lowest BCUT2D eigenvalue weighted by molar-refractivity contribution is -0.141. The Morgan fingerprint density at radius 3 is 2.16 bits per heavy atom. The molecule has 0 aromatic heterocycles. The zero-order valence-electron chi connectivity index (χ0n) is 10.5. The molecule has 1 aromatic rings. The second kappa shape index (κ2) is 3.89. The predicted octanol–water partition coefficient (Wildman–Crippen LogP) is 0.443. The molecule has 6 nitrogen and oxygen atoms in total. The molecular weight excluding hydrogens is 248 g/mol. The number of nitrogens with zero attached hydrogens (tertiary/aromatic N) is 2. The van der Waals surface area contributed by atoms with Crippen LogP contribution in [-0.2, 0) is 9.53 Å². The number of methoxy groups -OCH3 is 1. The van der Waals surface area contributed by atoms with Crippen LogP contribution in [-0.4, -0.2) is 47.0 Å². The minimum Gasteiger partial charge on any atom is -0.468 e. The number of esters is 1. The van der Waals surface area contributed by atoms with Crippen molar-refractivity contribution in [3.63, 3.8) is 0 Å². The van der Waals surface area contributed by atoms with Gasteiger partial charge in [-0.2, -0.15) is 5.01 Å². The van der Waals surface area contributed by atoms with Crippen LogP contribution in [0.1, 0.15) is 27.6 Å². The van der Waals surface area contributed by atoms with E-state index in [-0.39, 0.29) is 17.9 Å². The van der Waals surface area contributed by atoms with E-state index in [9.17, 15) is 14.4 Å². The quantitative estimate of drug-likeness (QED) is 0.438. The number of carbonyl (C=O) groups excluding carboxylic acids is 3. The first-order valence-electron chi connectivity index (χ1n) is 5.92. The molecule has 98 valence electrons. The van der Waals surface area contributed by atoms with Crippen LogP contribution >= 0.6 is 0 Å². The molecule has 1 fully saturated rings. The summed E-state index contributed by atoms with van der Waals surface area (Å²) in [6.07, 6.45) is 0. The molecule has 19 heavy (non-hydrogen) atoms. The molecule has 6 heteroatoms. The minimum atomic E-state index is -0.563. The van der Waals surface area contributed by atoms with E-state index in [0.29, 0.717) is 11.1 Å². The molecule has 0 saturated carbocycles. The van der Waals surface area contributed by atoms with E-state index >= 15 is 0 Å². The summed E-state index contributed by atoms with van der Waals surface area (Å²) < 4.78 is 4.65. The Balaban J connectivity index is 1.92. The van der Waals surface area contributed by atoms with Gasteiger partial charge in [0.15, 0.2) is 0 Å². The predicted molar refractivity (Wildman–Crippen MR) is 64.0 cm³/mol. The van der Waals surface area contributed by atoms with Crippen molar-refractivity contribution in [1.29, 1.82) is 0 Å². The van der Waals surface area contributed by atoms with E-state index in [1.54, 1.807) is 31.2 Å². The van der Waals surface area contributed by atoms with Crippen molar-refractivity contribution in [2.45, 2.75) is 19.0 Å². The van der Waals surface area contributed by atoms with E-state index in [1.807, 2.05) is 0 Å². The highest BCUT2D eigenvalue weighted by Gasteiger charge is 2.58. The van der Waals surface area contributed by atoms with Gasteiger partial charge >= 0.3 is 5.97 Å². The fraction of sp³-hybridized carbons (Fsp3) is 0.308. The second-order valence-electron chi connectivity index (χ2n) is 4.56. The van der Waals surface area contributed by atoms with Gasteiger partial charge in [-0.15, -0.1) is 0 Å². The summed E-state index contributed by atoms with van der Waals surface area (Å²) in [4.78, 5) is 35.9. The van der Waals surface area contributed by atoms with Gasteiger partial charge in [0.2, 0.25) is 0 Å². The highest BCUT2D eigenvalue weighted by atomic mass is 16.5. The SMILES string of the molecule is COC(=O)C1C(C)N1N1C(=O)c2ccccc2C1=O. The zero-order chi connectivity index (χ0) is 13.7. The molecule has 1 aromatic carbocycles. The topological polar surface area (TPSA) is 66.7 Å². The lowest BCUT2D eigenvalue weighted by Crippen LogP contribution is -2.38. The molecule has 2 aliphatic rings. The number of ether oxygens (including phenoxy) is 1. The molecule has 0 aliphatic carbocycles. The van der Waals surface area contributed by atoms with Gasteiger partial charge in [0.05, 0.1) is 24.3 Å². The van der Waals surface area contributed by atoms with Gasteiger partial charge in [0, 0.05) is 0 Å². The molecule has 2 amide bonds. The molecule has 0 N–H and O–H groups in total. The van der Waals surface area contributed by atoms with E-state index in [0.717, 1.165) is 5.01 Å². The van der Waals surface area contributed by atoms with Crippen molar-refractivity contribution in [1.82, 2.24) is 10.0 Å². The number of amides is 2. The van der Waals surface area contributed by atoms with E-state index in [4.69, 9.17) is 0 Å². The lowest BCUT2D eigenvalue weighted by Gasteiger charge is -2.15. The van der Waals surface area contributed by atoms with Crippen LogP contribution in [0.3, 0.4) is 0 Å². The van der Waals surface area contributed by atoms with Crippen molar-refractivity contribution in [2.75, 3.05) is 7.11 Å². The molecule has 3 unspecified atom stereocenters. The summed E-state index contributed by atoms with van der Waals surface area (Å²) in [5, 5.41) is 2.49. The normalized spacial score (nSPS) is 28.3. The smallest absolute Gasteiger partial charge is 0.326 e. The molecular formula is C13H12N2O4. The molecule has 3 atom stereocenters. The Hall–Kier alpha value is -2.21. The van der Waals surface area contributed by atoms with Crippen molar-refractivity contribution < 1.29 is 19.1 Å². The zero-order valence-corrected chi connectivity index (χ0v) is 10.5. The Labute approximate surface area is 109 Å². The Bertz CT molecular complexity index is 563. The van der Waals surface area contributed by atoms with Crippen LogP contribution in [0.5, 0.6) is 0 Å². The van der Waals surface area contributed by atoms with E-state index in [1.165, 1.54) is 12.1 Å². The number of benzene rings is 1. The number of fused-ring (bicyclic) bond motifs is 1. The monoisotopic (exact) mass is 260 g/mol. The van der Waals surface area contributed by atoms with Crippen LogP contribution in [0.15, 0.2) is 24.3 Å². The largest absolute Gasteiger partial charge is 0.468 e. The van der Waals surface area contributed by atoms with E-state index < -0.39 is 12.0 Å². The first-order chi connectivity index (χ1) is 9.07. The Morgan fingerprint density at radius 2 is 1.68 bits per heavy atom. The van der Waals surface area contributed by atoms with Gasteiger partial charge in [-0.3, -0.25) is 14.4 Å². The van der Waals surface area contributed by atoms with Gasteiger partial charge in [-0.1, -0.05) is 12.1 Å². The molecule has 3 rings (SSSR count). The average molecular weight is 260 g/mol. The first-order valence-corrected chi connectivity index (χ1v) is 5.92. The summed E-state index contributed by atoms with van der Waals surface area (Å²) in [7, 11) is 1.29. The maximum Gasteiger partial charge on any atom is 0.326 e. The van der Waals surface area contributed by atoms with Gasteiger partial charge in [0.25, 0.3) is 11.8 Å². The third-order valence-electron chi connectivity index (χ3n) is 3.52. The number of hydrogen-bond donors (Lipinski definition) is 0. The maximum absolute atomic E-state index is 12.2. The van der Waals surface area contributed by atoms with Crippen LogP contribution in [0, 0.1) is 0 Å². The van der Waals surface area contributed by atoms with Gasteiger partial charge in [0.1, 0.15) is 6.04 Å². The standard InChI is InChI=1S/C13H12N2O4/c1-7-10(13(18)19-2)14(7)15-11(16)8-5-3-4-6-9(8)12(15)17/h3-7,10H,1-2H3. The molecule has 0 bridgehead atoms. The fourth-order valence-electron chi connectivity index (χ4n) is 2.45. The second-order valence-corrected chi connectivity index (χ2v) is 4.56. The Morgan fingerprint density at radius 1 is 1.16 bits per heavy atom. The first kappa shape index (κ1) is 11.9.